The number of carbonyl (C=O) groups is 4. The Labute approximate surface area is 239 Å². The van der Waals surface area contributed by atoms with E-state index in [2.05, 4.69) is 0 Å². The van der Waals surface area contributed by atoms with Crippen LogP contribution < -0.4 is 4.90 Å². The smallest absolute Gasteiger partial charge is 0.271 e. The molecule has 0 bridgehead atoms. The van der Waals surface area contributed by atoms with Crippen LogP contribution in [-0.2, 0) is 19.2 Å². The van der Waals surface area contributed by atoms with Crippen LogP contribution in [-0.4, -0.2) is 33.4 Å². The number of carbonyl (C=O) groups excluding carboxylic acids is 4. The Hall–Kier alpha value is -5.18. The zero-order valence-electron chi connectivity index (χ0n) is 22.4. The molecule has 3 aliphatic carbocycles. The van der Waals surface area contributed by atoms with E-state index in [-0.39, 0.29) is 41.5 Å². The van der Waals surface area contributed by atoms with Crippen molar-refractivity contribution in [3.8, 4) is 5.75 Å². The van der Waals surface area contributed by atoms with Gasteiger partial charge in [0.1, 0.15) is 5.75 Å². The first-order chi connectivity index (χ1) is 20.2. The number of anilines is 1. The molecule has 2 amide bonds. The van der Waals surface area contributed by atoms with Crippen LogP contribution in [0.3, 0.4) is 0 Å². The molecule has 9 nitrogen and oxygen atoms in total. The van der Waals surface area contributed by atoms with E-state index >= 15 is 0 Å². The van der Waals surface area contributed by atoms with Crippen LogP contribution in [0, 0.1) is 27.9 Å². The Balaban J connectivity index is 1.38. The predicted molar refractivity (Wildman–Crippen MR) is 153 cm³/mol. The number of phenolic OH excluding ortho intramolecular Hbond substituents is 1. The average molecular weight is 561 g/mol. The normalized spacial score (nSPS) is 25.2. The number of non-ortho nitro benzene ring substituents is 1. The minimum atomic E-state index is -0.828. The molecule has 3 aromatic carbocycles. The monoisotopic (exact) mass is 560 g/mol. The Morgan fingerprint density at radius 1 is 0.952 bits per heavy atom. The lowest BCUT2D eigenvalue weighted by Gasteiger charge is -2.42. The van der Waals surface area contributed by atoms with Crippen molar-refractivity contribution in [2.45, 2.75) is 25.7 Å². The Kier molecular flexibility index (Phi) is 5.63. The van der Waals surface area contributed by atoms with E-state index < -0.39 is 40.4 Å². The van der Waals surface area contributed by atoms with E-state index in [1.165, 1.54) is 30.3 Å². The number of Topliss-reactive ketones (excluding diaryl/α,β-unsaturated/α-hetero) is 1. The second-order valence-corrected chi connectivity index (χ2v) is 11.2. The van der Waals surface area contributed by atoms with Gasteiger partial charge in [-0.1, -0.05) is 54.1 Å². The third-order valence-corrected chi connectivity index (χ3v) is 9.11. The maximum Gasteiger partial charge on any atom is 0.271 e. The minimum Gasteiger partial charge on any atom is -0.507 e. The van der Waals surface area contributed by atoms with Crippen molar-refractivity contribution in [3.05, 3.63) is 111 Å². The van der Waals surface area contributed by atoms with Gasteiger partial charge in [0.05, 0.1) is 22.4 Å². The molecule has 208 valence electrons. The fourth-order valence-corrected chi connectivity index (χ4v) is 7.22. The van der Waals surface area contributed by atoms with Gasteiger partial charge in [-0.2, -0.15) is 0 Å². The average Bonchev–Trinajstić information content (AvgIpc) is 3.25. The Bertz CT molecular complexity index is 1900. The van der Waals surface area contributed by atoms with Gasteiger partial charge < -0.3 is 5.11 Å². The lowest BCUT2D eigenvalue weighted by Crippen LogP contribution is -2.39. The molecule has 42 heavy (non-hydrogen) atoms. The van der Waals surface area contributed by atoms with Gasteiger partial charge in [0.2, 0.25) is 11.8 Å². The first-order valence-corrected chi connectivity index (χ1v) is 13.7. The minimum absolute atomic E-state index is 0.00637. The zero-order valence-corrected chi connectivity index (χ0v) is 22.4. The van der Waals surface area contributed by atoms with E-state index in [4.69, 9.17) is 0 Å². The number of nitro benzene ring substituents is 1. The molecule has 1 fully saturated rings. The van der Waals surface area contributed by atoms with Gasteiger partial charge in [0.15, 0.2) is 11.6 Å². The molecule has 0 unspecified atom stereocenters. The molecule has 1 heterocycles. The molecule has 1 saturated heterocycles. The van der Waals surface area contributed by atoms with Gasteiger partial charge in [-0.25, -0.2) is 4.90 Å². The largest absolute Gasteiger partial charge is 0.507 e. The van der Waals surface area contributed by atoms with Crippen molar-refractivity contribution in [1.82, 2.24) is 0 Å². The standard InChI is InChI=1S/C33H24N2O7/c1-16-13-26(36)25-15-24-21(27(29(25)30(16)37)22-10-9-17-5-2-3-8-20(17)31(22)38)11-12-23-28(24)33(40)34(32(23)39)18-6-4-7-19(14-18)35(41)42/h2-11,13-14,23-24,27-28,38H,12,15H2,1H3/t23-,24+,27+,28-/m0/s1. The van der Waals surface area contributed by atoms with Crippen molar-refractivity contribution in [1.29, 1.82) is 0 Å². The number of phenols is 1. The molecule has 1 N–H and O–H groups in total. The zero-order chi connectivity index (χ0) is 29.4. The number of ketones is 2. The third kappa shape index (κ3) is 3.56. The van der Waals surface area contributed by atoms with Gasteiger partial charge in [-0.05, 0) is 43.2 Å². The molecule has 1 aliphatic heterocycles. The number of nitrogens with zero attached hydrogens (tertiary/aromatic N) is 2. The van der Waals surface area contributed by atoms with E-state index in [9.17, 15) is 34.4 Å². The second-order valence-electron chi connectivity index (χ2n) is 11.2. The summed E-state index contributed by atoms with van der Waals surface area (Å²) in [6, 6.07) is 16.3. The SMILES string of the molecule is CC1=CC(=O)C2=C(C1=O)[C@@H](c1ccc3ccccc3c1O)C1=CC[C@@H]3C(=O)N(c4cccc([N+](=O)[O-])c4)C(=O)[C@@H]3[C@@H]1C2. The molecule has 7 rings (SSSR count). The summed E-state index contributed by atoms with van der Waals surface area (Å²) in [5.74, 6) is -4.46. The molecule has 9 heteroatoms. The number of allylic oxidation sites excluding steroid dienone is 6. The predicted octanol–water partition coefficient (Wildman–Crippen LogP) is 5.09. The van der Waals surface area contributed by atoms with Crippen LogP contribution in [0.15, 0.2) is 95.1 Å². The van der Waals surface area contributed by atoms with E-state index in [0.717, 1.165) is 15.9 Å². The number of aromatic hydroxyl groups is 1. The van der Waals surface area contributed by atoms with Gasteiger partial charge in [0, 0.05) is 45.7 Å². The highest BCUT2D eigenvalue weighted by Crippen LogP contribution is 2.57. The van der Waals surface area contributed by atoms with Crippen molar-refractivity contribution >= 4 is 45.5 Å². The highest BCUT2D eigenvalue weighted by Gasteiger charge is 2.57. The first kappa shape index (κ1) is 25.8. The van der Waals surface area contributed by atoms with Crippen LogP contribution >= 0.6 is 0 Å². The van der Waals surface area contributed by atoms with Gasteiger partial charge in [-0.15, -0.1) is 0 Å². The van der Waals surface area contributed by atoms with Crippen molar-refractivity contribution in [2.75, 3.05) is 4.90 Å². The molecule has 0 saturated carbocycles. The van der Waals surface area contributed by atoms with Crippen LogP contribution in [0.5, 0.6) is 5.75 Å². The van der Waals surface area contributed by atoms with Crippen LogP contribution in [0.1, 0.15) is 31.2 Å². The molecule has 0 radical (unpaired) electrons. The number of rotatable bonds is 3. The second kappa shape index (κ2) is 9.17. The number of amides is 2. The van der Waals surface area contributed by atoms with E-state index in [0.29, 0.717) is 27.7 Å². The number of fused-ring (bicyclic) bond motifs is 4. The topological polar surface area (TPSA) is 135 Å². The third-order valence-electron chi connectivity index (χ3n) is 9.11. The lowest BCUT2D eigenvalue weighted by molar-refractivity contribution is -0.384. The van der Waals surface area contributed by atoms with Crippen molar-refractivity contribution < 1.29 is 29.2 Å². The fraction of sp³-hybridized carbons (Fsp3) is 0.212. The summed E-state index contributed by atoms with van der Waals surface area (Å²) in [6.07, 6.45) is 3.51. The molecular weight excluding hydrogens is 536 g/mol. The maximum absolute atomic E-state index is 14.0. The summed E-state index contributed by atoms with van der Waals surface area (Å²) >= 11 is 0. The molecule has 0 spiro atoms. The quantitative estimate of drug-likeness (QED) is 0.155. The summed E-state index contributed by atoms with van der Waals surface area (Å²) in [5.41, 5.74) is 1.96. The number of hydrogen-bond donors (Lipinski definition) is 1. The van der Waals surface area contributed by atoms with E-state index in [1.54, 1.807) is 25.1 Å². The summed E-state index contributed by atoms with van der Waals surface area (Å²) in [5, 5.41) is 24.3. The molecule has 3 aromatic rings. The molecule has 4 atom stereocenters. The van der Waals surface area contributed by atoms with Gasteiger partial charge >= 0.3 is 0 Å². The summed E-state index contributed by atoms with van der Waals surface area (Å²) in [4.78, 5) is 66.4. The summed E-state index contributed by atoms with van der Waals surface area (Å²) in [7, 11) is 0. The summed E-state index contributed by atoms with van der Waals surface area (Å²) in [6.45, 7) is 1.59. The molecule has 0 aromatic heterocycles. The number of hydrogen-bond acceptors (Lipinski definition) is 7. The first-order valence-electron chi connectivity index (χ1n) is 13.7. The lowest BCUT2D eigenvalue weighted by atomic mass is 9.59. The number of imide groups is 1. The van der Waals surface area contributed by atoms with Crippen LogP contribution in [0.2, 0.25) is 0 Å². The summed E-state index contributed by atoms with van der Waals surface area (Å²) < 4.78 is 0. The van der Waals surface area contributed by atoms with Crippen molar-refractivity contribution in [2.24, 2.45) is 17.8 Å². The van der Waals surface area contributed by atoms with E-state index in [1.807, 2.05) is 24.3 Å². The van der Waals surface area contributed by atoms with Crippen LogP contribution in [0.25, 0.3) is 10.8 Å². The van der Waals surface area contributed by atoms with Crippen molar-refractivity contribution in [3.63, 3.8) is 0 Å². The van der Waals surface area contributed by atoms with Gasteiger partial charge in [0.25, 0.3) is 5.69 Å². The molecule has 4 aliphatic rings. The Morgan fingerprint density at radius 2 is 1.74 bits per heavy atom. The fourth-order valence-electron chi connectivity index (χ4n) is 7.22. The molecular formula is C33H24N2O7. The highest BCUT2D eigenvalue weighted by molar-refractivity contribution is 6.25. The highest BCUT2D eigenvalue weighted by atomic mass is 16.6. The number of nitro groups is 1. The maximum atomic E-state index is 14.0. The van der Waals surface area contributed by atoms with Gasteiger partial charge in [-0.3, -0.25) is 29.3 Å². The Morgan fingerprint density at radius 3 is 2.52 bits per heavy atom. The van der Waals surface area contributed by atoms with Crippen LogP contribution in [0.4, 0.5) is 11.4 Å². The number of benzene rings is 3.